The number of pyridine rings is 1. The van der Waals surface area contributed by atoms with E-state index in [-0.39, 0.29) is 56.4 Å². The lowest BCUT2D eigenvalue weighted by Crippen LogP contribution is -2.58. The highest BCUT2D eigenvalue weighted by Gasteiger charge is 2.44. The van der Waals surface area contributed by atoms with Crippen molar-refractivity contribution >= 4 is 56.8 Å². The molecule has 1 fully saturated rings. The zero-order valence-electron chi connectivity index (χ0n) is 41.7. The van der Waals surface area contributed by atoms with Crippen molar-refractivity contribution in [2.45, 2.75) is 84.5 Å². The molecular formula is C52H71N7O11S. The van der Waals surface area contributed by atoms with E-state index in [1.165, 1.54) is 4.90 Å². The van der Waals surface area contributed by atoms with Crippen molar-refractivity contribution in [3.63, 3.8) is 0 Å². The lowest BCUT2D eigenvalue weighted by atomic mass is 9.85. The second-order valence-corrected chi connectivity index (χ2v) is 19.4. The number of fused-ring (bicyclic) bond motifs is 3. The van der Waals surface area contributed by atoms with Gasteiger partial charge in [0.25, 0.3) is 0 Å². The summed E-state index contributed by atoms with van der Waals surface area (Å²) < 4.78 is 33.4. The van der Waals surface area contributed by atoms with Gasteiger partial charge in [0.2, 0.25) is 23.6 Å². The van der Waals surface area contributed by atoms with Crippen molar-refractivity contribution < 1.29 is 52.7 Å². The minimum Gasteiger partial charge on any atom is -0.391 e. The number of carbonyl (C=O) groups excluding carboxylic acids is 4. The summed E-state index contributed by atoms with van der Waals surface area (Å²) in [5.74, 6) is -1.17. The van der Waals surface area contributed by atoms with Gasteiger partial charge in [-0.15, -0.1) is 11.3 Å². The molecule has 2 aromatic carbocycles. The predicted octanol–water partition coefficient (Wildman–Crippen LogP) is 5.06. The maximum absolute atomic E-state index is 14.0. The monoisotopic (exact) mass is 1000 g/mol. The number of rotatable bonds is 30. The van der Waals surface area contributed by atoms with E-state index < -0.39 is 29.5 Å². The molecule has 3 aromatic heterocycles. The number of H-pyrrole nitrogens is 1. The summed E-state index contributed by atoms with van der Waals surface area (Å²) in [4.78, 5) is 67.4. The van der Waals surface area contributed by atoms with Gasteiger partial charge in [0, 0.05) is 66.6 Å². The smallest absolute Gasteiger partial charge is 0.246 e. The number of carbonyl (C=O) groups is 4. The summed E-state index contributed by atoms with van der Waals surface area (Å²) in [6.45, 7) is 14.2. The number of benzene rings is 2. The van der Waals surface area contributed by atoms with Crippen LogP contribution in [-0.4, -0.2) is 159 Å². The molecule has 71 heavy (non-hydrogen) atoms. The van der Waals surface area contributed by atoms with Crippen molar-refractivity contribution in [2.75, 3.05) is 92.4 Å². The van der Waals surface area contributed by atoms with E-state index in [0.717, 1.165) is 49.1 Å². The van der Waals surface area contributed by atoms with E-state index in [4.69, 9.17) is 28.4 Å². The van der Waals surface area contributed by atoms with Gasteiger partial charge in [-0.2, -0.15) is 0 Å². The van der Waals surface area contributed by atoms with Gasteiger partial charge in [0.15, 0.2) is 0 Å². The number of thiazole rings is 1. The van der Waals surface area contributed by atoms with Gasteiger partial charge in [0.1, 0.15) is 12.1 Å². The fourth-order valence-corrected chi connectivity index (χ4v) is 8.98. The SMILES string of the molecule is Cc1ncsc1-c1ccc([C@H](C)NC(=O)[C@@H]2C[C@@H](O)CN2C(=O)[C@@H](NC(=O)CCOCCOCCOCCOCCOCCOCCNC(=O)CCc2ccc3c(c2)[nH]c2ccncc23)C(C)(C)C)cc1. The minimum atomic E-state index is -0.932. The van der Waals surface area contributed by atoms with Crippen LogP contribution in [0, 0.1) is 12.3 Å². The average Bonchev–Trinajstić information content (AvgIpc) is 4.08. The van der Waals surface area contributed by atoms with E-state index in [1.54, 1.807) is 17.5 Å². The first-order chi connectivity index (χ1) is 34.3. The van der Waals surface area contributed by atoms with Crippen LogP contribution in [0.4, 0.5) is 0 Å². The number of ether oxygens (including phenoxy) is 6. The molecule has 1 aliphatic rings. The topological polar surface area (TPSA) is 225 Å². The summed E-state index contributed by atoms with van der Waals surface area (Å²) in [6.07, 6.45) is 3.93. The molecule has 0 saturated carbocycles. The fraction of sp³-hybridized carbons (Fsp3) is 0.538. The number of amides is 4. The molecule has 6 rings (SSSR count). The Balaban J connectivity index is 0.725. The molecule has 18 nitrogen and oxygen atoms in total. The van der Waals surface area contributed by atoms with E-state index >= 15 is 0 Å². The van der Waals surface area contributed by atoms with Gasteiger partial charge in [-0.1, -0.05) is 57.2 Å². The fourth-order valence-electron chi connectivity index (χ4n) is 8.17. The lowest BCUT2D eigenvalue weighted by Gasteiger charge is -2.35. The second-order valence-electron chi connectivity index (χ2n) is 18.6. The number of hydrogen-bond donors (Lipinski definition) is 5. The normalized spacial score (nSPS) is 15.8. The number of hydrogen-bond acceptors (Lipinski definition) is 14. The quantitative estimate of drug-likeness (QED) is 0.0380. The second kappa shape index (κ2) is 28.0. The van der Waals surface area contributed by atoms with Crippen molar-refractivity contribution in [3.8, 4) is 10.4 Å². The van der Waals surface area contributed by atoms with Gasteiger partial charge in [0.05, 0.1) is 108 Å². The van der Waals surface area contributed by atoms with Crippen LogP contribution in [0.1, 0.15) is 69.8 Å². The predicted molar refractivity (Wildman–Crippen MR) is 271 cm³/mol. The lowest BCUT2D eigenvalue weighted by molar-refractivity contribution is -0.144. The molecule has 1 saturated heterocycles. The molecular weight excluding hydrogens is 931 g/mol. The Morgan fingerprint density at radius 3 is 2.04 bits per heavy atom. The molecule has 0 radical (unpaired) electrons. The molecule has 4 heterocycles. The first-order valence-electron chi connectivity index (χ1n) is 24.4. The van der Waals surface area contributed by atoms with Crippen LogP contribution < -0.4 is 16.0 Å². The number of aliphatic hydroxyl groups is 1. The zero-order valence-corrected chi connectivity index (χ0v) is 42.5. The molecule has 4 atom stereocenters. The van der Waals surface area contributed by atoms with Gasteiger partial charge >= 0.3 is 0 Å². The Hall–Kier alpha value is -5.38. The molecule has 0 aliphatic carbocycles. The van der Waals surface area contributed by atoms with Crippen LogP contribution in [0.5, 0.6) is 0 Å². The molecule has 386 valence electrons. The van der Waals surface area contributed by atoms with Crippen molar-refractivity contribution in [1.82, 2.24) is 35.8 Å². The van der Waals surface area contributed by atoms with Crippen LogP contribution in [0.3, 0.4) is 0 Å². The van der Waals surface area contributed by atoms with Crippen molar-refractivity contribution in [3.05, 3.63) is 83.3 Å². The summed E-state index contributed by atoms with van der Waals surface area (Å²) in [5, 5.41) is 21.6. The van der Waals surface area contributed by atoms with E-state index in [0.29, 0.717) is 85.5 Å². The Kier molecular flexibility index (Phi) is 21.7. The summed E-state index contributed by atoms with van der Waals surface area (Å²) in [5.41, 5.74) is 7.23. The Morgan fingerprint density at radius 2 is 1.42 bits per heavy atom. The van der Waals surface area contributed by atoms with Crippen LogP contribution in [0.2, 0.25) is 0 Å². The van der Waals surface area contributed by atoms with Gasteiger partial charge in [-0.05, 0) is 54.5 Å². The van der Waals surface area contributed by atoms with Crippen LogP contribution in [0.25, 0.3) is 32.2 Å². The molecule has 5 N–H and O–H groups in total. The van der Waals surface area contributed by atoms with E-state index in [9.17, 15) is 24.3 Å². The molecule has 19 heteroatoms. The molecule has 0 unspecified atom stereocenters. The third-order valence-electron chi connectivity index (χ3n) is 12.1. The number of nitrogens with zero attached hydrogens (tertiary/aromatic N) is 3. The van der Waals surface area contributed by atoms with Gasteiger partial charge in [-0.25, -0.2) is 4.98 Å². The molecule has 0 bridgehead atoms. The number of aromatic amines is 1. The molecule has 0 spiro atoms. The van der Waals surface area contributed by atoms with Gasteiger partial charge < -0.3 is 59.4 Å². The Morgan fingerprint density at radius 1 is 0.789 bits per heavy atom. The molecule has 1 aliphatic heterocycles. The maximum Gasteiger partial charge on any atom is 0.246 e. The van der Waals surface area contributed by atoms with E-state index in [2.05, 4.69) is 49.1 Å². The maximum atomic E-state index is 14.0. The van der Waals surface area contributed by atoms with Crippen LogP contribution in [0.15, 0.2) is 66.4 Å². The number of aryl methyl sites for hydroxylation is 2. The average molecular weight is 1000 g/mol. The first-order valence-corrected chi connectivity index (χ1v) is 25.3. The van der Waals surface area contributed by atoms with E-state index in [1.807, 2.05) is 76.7 Å². The third-order valence-corrected chi connectivity index (χ3v) is 13.0. The summed E-state index contributed by atoms with van der Waals surface area (Å²) in [6, 6.07) is 13.9. The van der Waals surface area contributed by atoms with Crippen molar-refractivity contribution in [2.24, 2.45) is 5.41 Å². The molecule has 5 aromatic rings. The number of likely N-dealkylation sites (tertiary alicyclic amines) is 1. The summed E-state index contributed by atoms with van der Waals surface area (Å²) >= 11 is 1.57. The minimum absolute atomic E-state index is 0.00893. The number of β-amino-alcohol motifs (C(OH)–C–C–N with tert-alkyl or cyclic N) is 1. The standard InChI is InChI=1S/C52H71N7O11S/c1-35(38-8-10-39(11-9-38)48-36(2)55-34-71-48)56-50(63)45-31-40(60)33-59(45)51(64)49(52(3,4)5)58-47(62)15-18-65-20-22-67-24-26-69-28-29-70-27-25-68-23-21-66-19-17-54-46(61)13-7-37-6-12-41-42-32-53-16-14-43(42)57-44(41)30-37/h6,8-12,14,16,30,32,34-35,40,45,49,57,60H,7,13,15,17-29,31,33H2,1-5H3,(H,54,61)(H,56,63)(H,58,62)/t35-,40+,45-,49+/m0/s1. The number of nitrogens with one attached hydrogen (secondary N) is 4. The highest BCUT2D eigenvalue weighted by molar-refractivity contribution is 7.13. The van der Waals surface area contributed by atoms with Crippen molar-refractivity contribution in [1.29, 1.82) is 0 Å². The van der Waals surface area contributed by atoms with Crippen LogP contribution >= 0.6 is 11.3 Å². The Labute approximate surface area is 419 Å². The summed E-state index contributed by atoms with van der Waals surface area (Å²) in [7, 11) is 0. The molecule has 4 amide bonds. The number of aromatic nitrogens is 3. The number of aliphatic hydroxyl groups excluding tert-OH is 1. The Bertz CT molecular complexity index is 2460. The largest absolute Gasteiger partial charge is 0.391 e. The van der Waals surface area contributed by atoms with Crippen LogP contribution in [-0.2, 0) is 54.0 Å². The zero-order chi connectivity index (χ0) is 50.6. The highest BCUT2D eigenvalue weighted by atomic mass is 32.1. The highest BCUT2D eigenvalue weighted by Crippen LogP contribution is 2.30. The van der Waals surface area contributed by atoms with Gasteiger partial charge in [-0.3, -0.25) is 24.2 Å². The third kappa shape index (κ3) is 17.1. The first kappa shape index (κ1) is 54.9.